The van der Waals surface area contributed by atoms with Crippen molar-refractivity contribution < 1.29 is 17.9 Å². The first kappa shape index (κ1) is 21.9. The average molecular weight is 458 g/mol. The van der Waals surface area contributed by atoms with Crippen molar-refractivity contribution in [3.05, 3.63) is 48.8 Å². The van der Waals surface area contributed by atoms with Gasteiger partial charge in [0, 0.05) is 30.7 Å². The number of likely N-dealkylation sites (tertiary alicyclic amines) is 1. The molecule has 0 unspecified atom stereocenters. The zero-order valence-electron chi connectivity index (χ0n) is 18.3. The summed E-state index contributed by atoms with van der Waals surface area (Å²) in [7, 11) is -3.80. The number of aromatic nitrogens is 2. The van der Waals surface area contributed by atoms with E-state index < -0.39 is 15.6 Å². The molecule has 3 heterocycles. The molecule has 0 bridgehead atoms. The smallest absolute Gasteiger partial charge is 0.410 e. The fourth-order valence-electron chi connectivity index (χ4n) is 3.71. The molecule has 1 amide bonds. The topological polar surface area (TPSA) is 120 Å². The number of benzene rings is 1. The molecule has 32 heavy (non-hydrogen) atoms. The molecule has 1 atom stereocenters. The van der Waals surface area contributed by atoms with Crippen molar-refractivity contribution >= 4 is 38.5 Å². The molecule has 0 saturated carbocycles. The van der Waals surface area contributed by atoms with Crippen molar-refractivity contribution in [2.45, 2.75) is 43.7 Å². The molecule has 10 heteroatoms. The predicted molar refractivity (Wildman–Crippen MR) is 123 cm³/mol. The minimum atomic E-state index is -3.80. The van der Waals surface area contributed by atoms with E-state index in [1.165, 1.54) is 12.4 Å². The summed E-state index contributed by atoms with van der Waals surface area (Å²) < 4.78 is 32.8. The molecule has 0 aliphatic carbocycles. The first-order valence-electron chi connectivity index (χ1n) is 10.4. The maximum absolute atomic E-state index is 13.1. The van der Waals surface area contributed by atoms with Crippen LogP contribution in [0.2, 0.25) is 0 Å². The van der Waals surface area contributed by atoms with Crippen molar-refractivity contribution in [2.24, 2.45) is 0 Å². The zero-order chi connectivity index (χ0) is 23.1. The molecule has 170 valence electrons. The lowest BCUT2D eigenvalue weighted by atomic mass is 10.2. The number of hydrogen-bond donors (Lipinski definition) is 2. The van der Waals surface area contributed by atoms with Crippen LogP contribution < -0.4 is 11.1 Å². The van der Waals surface area contributed by atoms with Crippen LogP contribution >= 0.6 is 0 Å². The number of pyridine rings is 1. The monoisotopic (exact) mass is 457 g/mol. The summed E-state index contributed by atoms with van der Waals surface area (Å²) in [6, 6.07) is 9.83. The number of nitrogens with two attached hydrogens (primary N) is 1. The van der Waals surface area contributed by atoms with Gasteiger partial charge >= 0.3 is 6.09 Å². The average Bonchev–Trinajstić information content (AvgIpc) is 3.37. The first-order valence-corrected chi connectivity index (χ1v) is 11.8. The normalized spacial score (nSPS) is 17.0. The molecule has 9 nitrogen and oxygen atoms in total. The van der Waals surface area contributed by atoms with Gasteiger partial charge in [-0.05, 0) is 45.4 Å². The van der Waals surface area contributed by atoms with Crippen LogP contribution in [0.25, 0.3) is 11.0 Å². The molecule has 1 aliphatic heterocycles. The van der Waals surface area contributed by atoms with Gasteiger partial charge in [-0.15, -0.1) is 0 Å². The second-order valence-corrected chi connectivity index (χ2v) is 10.6. The highest BCUT2D eigenvalue weighted by atomic mass is 32.2. The quantitative estimate of drug-likeness (QED) is 0.617. The van der Waals surface area contributed by atoms with E-state index in [2.05, 4.69) is 10.3 Å². The van der Waals surface area contributed by atoms with Crippen LogP contribution in [-0.2, 0) is 14.8 Å². The molecule has 1 aromatic carbocycles. The largest absolute Gasteiger partial charge is 0.444 e. The van der Waals surface area contributed by atoms with E-state index >= 15 is 0 Å². The molecule has 3 aromatic rings. The van der Waals surface area contributed by atoms with E-state index in [9.17, 15) is 13.2 Å². The Kier molecular flexibility index (Phi) is 5.49. The third-order valence-corrected chi connectivity index (χ3v) is 6.88. The summed E-state index contributed by atoms with van der Waals surface area (Å²) in [6.45, 7) is 6.52. The summed E-state index contributed by atoms with van der Waals surface area (Å²) in [5.41, 5.74) is 6.92. The highest BCUT2D eigenvalue weighted by Crippen LogP contribution is 2.32. The van der Waals surface area contributed by atoms with E-state index in [-0.39, 0.29) is 22.7 Å². The van der Waals surface area contributed by atoms with Crippen molar-refractivity contribution in [1.82, 2.24) is 13.9 Å². The minimum Gasteiger partial charge on any atom is -0.444 e. The number of ether oxygens (including phenoxy) is 1. The number of amides is 1. The molecule has 0 radical (unpaired) electrons. The van der Waals surface area contributed by atoms with Crippen molar-refractivity contribution in [2.75, 3.05) is 24.1 Å². The van der Waals surface area contributed by atoms with Gasteiger partial charge in [-0.2, -0.15) is 0 Å². The standard InChI is InChI=1S/C22H27N5O4S/c1-22(2,3)31-21(28)26-11-9-15(14-26)25-19-17-10-12-27(20(17)24-13-18(19)23)32(29,30)16-7-5-4-6-8-16/h4-8,10,12-13,15H,9,11,14,23H2,1-3H3,(H,24,25)/t15-/m0/s1. The molecular weight excluding hydrogens is 430 g/mol. The number of nitrogens with one attached hydrogen (secondary N) is 1. The van der Waals surface area contributed by atoms with Gasteiger partial charge in [-0.1, -0.05) is 18.2 Å². The van der Waals surface area contributed by atoms with E-state index in [1.54, 1.807) is 41.3 Å². The molecule has 1 fully saturated rings. The Morgan fingerprint density at radius 1 is 1.22 bits per heavy atom. The highest BCUT2D eigenvalue weighted by Gasteiger charge is 2.30. The Labute approximate surface area is 187 Å². The number of carbonyl (C=O) groups excluding carboxylic acids is 1. The van der Waals surface area contributed by atoms with Crippen LogP contribution in [0.15, 0.2) is 53.7 Å². The zero-order valence-corrected chi connectivity index (χ0v) is 19.1. The van der Waals surface area contributed by atoms with Crippen LogP contribution in [0, 0.1) is 0 Å². The second kappa shape index (κ2) is 8.01. The van der Waals surface area contributed by atoms with Gasteiger partial charge in [0.05, 0.1) is 22.5 Å². The Morgan fingerprint density at radius 2 is 1.94 bits per heavy atom. The van der Waals surface area contributed by atoms with Gasteiger partial charge in [-0.25, -0.2) is 22.2 Å². The van der Waals surface area contributed by atoms with Gasteiger partial charge in [0.15, 0.2) is 5.65 Å². The van der Waals surface area contributed by atoms with Crippen molar-refractivity contribution in [1.29, 1.82) is 0 Å². The highest BCUT2D eigenvalue weighted by molar-refractivity contribution is 7.90. The van der Waals surface area contributed by atoms with E-state index in [4.69, 9.17) is 10.5 Å². The van der Waals surface area contributed by atoms with E-state index in [0.29, 0.717) is 36.3 Å². The van der Waals surface area contributed by atoms with Crippen LogP contribution in [-0.4, -0.2) is 53.1 Å². The summed E-state index contributed by atoms with van der Waals surface area (Å²) in [4.78, 5) is 18.5. The number of nitrogen functional groups attached to an aromatic ring is 1. The number of fused-ring (bicyclic) bond motifs is 1. The lowest BCUT2D eigenvalue weighted by Gasteiger charge is -2.24. The van der Waals surface area contributed by atoms with Crippen LogP contribution in [0.5, 0.6) is 0 Å². The lowest BCUT2D eigenvalue weighted by Crippen LogP contribution is -2.36. The first-order chi connectivity index (χ1) is 15.1. The Hall–Kier alpha value is -3.27. The number of nitrogens with zero attached hydrogens (tertiary/aromatic N) is 3. The number of anilines is 2. The molecule has 1 saturated heterocycles. The molecule has 3 N–H and O–H groups in total. The van der Waals surface area contributed by atoms with Crippen molar-refractivity contribution in [3.63, 3.8) is 0 Å². The van der Waals surface area contributed by atoms with Crippen LogP contribution in [0.1, 0.15) is 27.2 Å². The minimum absolute atomic E-state index is 0.0514. The van der Waals surface area contributed by atoms with Gasteiger partial charge in [-0.3, -0.25) is 0 Å². The maximum Gasteiger partial charge on any atom is 0.410 e. The third kappa shape index (κ3) is 4.22. The Balaban J connectivity index is 1.60. The van der Waals surface area contributed by atoms with E-state index in [0.717, 1.165) is 3.97 Å². The van der Waals surface area contributed by atoms with Crippen molar-refractivity contribution in [3.8, 4) is 0 Å². The molecule has 4 rings (SSSR count). The summed E-state index contributed by atoms with van der Waals surface area (Å²) in [6.07, 6.45) is 3.29. The number of carbonyl (C=O) groups is 1. The third-order valence-electron chi connectivity index (χ3n) is 5.20. The molecule has 0 spiro atoms. The predicted octanol–water partition coefficient (Wildman–Crippen LogP) is 3.28. The van der Waals surface area contributed by atoms with Crippen LogP contribution in [0.3, 0.4) is 0 Å². The summed E-state index contributed by atoms with van der Waals surface area (Å²) in [5.74, 6) is 0. The Morgan fingerprint density at radius 3 is 2.62 bits per heavy atom. The van der Waals surface area contributed by atoms with Gasteiger partial charge < -0.3 is 20.7 Å². The maximum atomic E-state index is 13.1. The fraction of sp³-hybridized carbons (Fsp3) is 0.364. The van der Waals surface area contributed by atoms with Gasteiger partial charge in [0.1, 0.15) is 5.60 Å². The lowest BCUT2D eigenvalue weighted by molar-refractivity contribution is 0.0293. The van der Waals surface area contributed by atoms with E-state index in [1.807, 2.05) is 20.8 Å². The molecule has 2 aromatic heterocycles. The number of hydrogen-bond acceptors (Lipinski definition) is 7. The fourth-order valence-corrected chi connectivity index (χ4v) is 5.04. The molecular formula is C22H27N5O4S. The summed E-state index contributed by atoms with van der Waals surface area (Å²) in [5, 5.41) is 3.98. The van der Waals surface area contributed by atoms with Gasteiger partial charge in [0.2, 0.25) is 0 Å². The Bertz CT molecular complexity index is 1250. The SMILES string of the molecule is CC(C)(C)OC(=O)N1CC[C@H](Nc2c(N)cnc3c2ccn3S(=O)(=O)c2ccccc2)C1. The second-order valence-electron chi connectivity index (χ2n) is 8.81. The van der Waals surface area contributed by atoms with Gasteiger partial charge in [0.25, 0.3) is 10.0 Å². The molecule has 1 aliphatic rings. The van der Waals surface area contributed by atoms with Crippen LogP contribution in [0.4, 0.5) is 16.2 Å². The summed E-state index contributed by atoms with van der Waals surface area (Å²) >= 11 is 0. The number of rotatable bonds is 4.